The topological polar surface area (TPSA) is 77.2 Å². The van der Waals surface area contributed by atoms with E-state index in [0.717, 1.165) is 51.4 Å². The van der Waals surface area contributed by atoms with Crippen molar-refractivity contribution in [3.05, 3.63) is 70.8 Å². The minimum Gasteiger partial charge on any atom is -0.482 e. The third-order valence-electron chi connectivity index (χ3n) is 5.54. The highest BCUT2D eigenvalue weighted by molar-refractivity contribution is 5.91. The quantitative estimate of drug-likeness (QED) is 0.498. The fourth-order valence-corrected chi connectivity index (χ4v) is 4.09. The van der Waals surface area contributed by atoms with Crippen molar-refractivity contribution >= 4 is 16.3 Å². The average Bonchev–Trinajstić information content (AvgIpc) is 3.36. The summed E-state index contributed by atoms with van der Waals surface area (Å²) in [6.45, 7) is 2.03. The van der Waals surface area contributed by atoms with E-state index in [4.69, 9.17) is 4.74 Å². The second kappa shape index (κ2) is 6.88. The number of ether oxygens (including phenoxy) is 1. The first-order valence-electron chi connectivity index (χ1n) is 9.81. The fourth-order valence-electron chi connectivity index (χ4n) is 4.09. The van der Waals surface area contributed by atoms with Crippen molar-refractivity contribution in [1.29, 1.82) is 0 Å². The number of H-pyrrole nitrogens is 1. The normalized spacial score (nSPS) is 11.4. The molecule has 0 saturated heterocycles. The fraction of sp³-hybridized carbons (Fsp3) is 0.174. The zero-order valence-electron chi connectivity index (χ0n) is 17.0. The maximum Gasteiger partial charge on any atom is 0.272 e. The minimum absolute atomic E-state index is 0.178. The smallest absolute Gasteiger partial charge is 0.272 e. The summed E-state index contributed by atoms with van der Waals surface area (Å²) in [6, 6.07) is 15.9. The second-order valence-electron chi connectivity index (χ2n) is 7.19. The lowest BCUT2D eigenvalue weighted by Gasteiger charge is -2.12. The van der Waals surface area contributed by atoms with E-state index in [9.17, 15) is 4.79 Å². The Hall–Kier alpha value is -3.87. The number of hydrogen-bond donors (Lipinski definition) is 1. The summed E-state index contributed by atoms with van der Waals surface area (Å²) >= 11 is 0. The lowest BCUT2D eigenvalue weighted by Crippen LogP contribution is -2.10. The number of nitrogens with zero attached hydrogens (tertiary/aromatic N) is 4. The van der Waals surface area contributed by atoms with Crippen LogP contribution in [0, 0.1) is 0 Å². The number of pyridine rings is 1. The Bertz CT molecular complexity index is 1460. The Morgan fingerprint density at radius 1 is 1.10 bits per heavy atom. The van der Waals surface area contributed by atoms with Crippen LogP contribution in [0.25, 0.3) is 38.8 Å². The van der Waals surface area contributed by atoms with Gasteiger partial charge in [-0.1, -0.05) is 19.1 Å². The molecule has 150 valence electrons. The van der Waals surface area contributed by atoms with E-state index < -0.39 is 0 Å². The van der Waals surface area contributed by atoms with Gasteiger partial charge in [0.05, 0.1) is 35.8 Å². The minimum atomic E-state index is -0.178. The molecule has 5 rings (SSSR count). The van der Waals surface area contributed by atoms with Gasteiger partial charge in [-0.25, -0.2) is 5.10 Å². The highest BCUT2D eigenvalue weighted by Gasteiger charge is 2.18. The largest absolute Gasteiger partial charge is 0.482 e. The zero-order chi connectivity index (χ0) is 20.8. The molecule has 0 unspecified atom stereocenters. The molecule has 0 aliphatic rings. The van der Waals surface area contributed by atoms with Gasteiger partial charge in [-0.05, 0) is 48.4 Å². The number of methoxy groups -OCH3 is 1. The molecular formula is C23H21N5O2. The van der Waals surface area contributed by atoms with Gasteiger partial charge in [0.1, 0.15) is 0 Å². The highest BCUT2D eigenvalue weighted by Crippen LogP contribution is 2.35. The summed E-state index contributed by atoms with van der Waals surface area (Å²) in [6.07, 6.45) is 2.59. The Balaban J connectivity index is 1.78. The molecule has 0 bridgehead atoms. The van der Waals surface area contributed by atoms with Gasteiger partial charge < -0.3 is 4.74 Å². The van der Waals surface area contributed by atoms with Crippen LogP contribution >= 0.6 is 0 Å². The lowest BCUT2D eigenvalue weighted by molar-refractivity contribution is 0.393. The highest BCUT2D eigenvalue weighted by atomic mass is 16.5. The van der Waals surface area contributed by atoms with E-state index in [1.165, 1.54) is 0 Å². The van der Waals surface area contributed by atoms with Crippen LogP contribution < -0.4 is 10.3 Å². The van der Waals surface area contributed by atoms with E-state index in [0.29, 0.717) is 5.39 Å². The Morgan fingerprint density at radius 3 is 2.77 bits per heavy atom. The van der Waals surface area contributed by atoms with Crippen LogP contribution in [0.3, 0.4) is 0 Å². The summed E-state index contributed by atoms with van der Waals surface area (Å²) < 4.78 is 9.54. The van der Waals surface area contributed by atoms with Gasteiger partial charge in [0.25, 0.3) is 5.56 Å². The van der Waals surface area contributed by atoms with Crippen LogP contribution in [-0.4, -0.2) is 31.5 Å². The maximum absolute atomic E-state index is 12.2. The van der Waals surface area contributed by atoms with E-state index in [-0.39, 0.29) is 5.56 Å². The molecule has 5 aromatic rings. The molecule has 0 aliphatic carbocycles. The number of hydrogen-bond acceptors (Lipinski definition) is 4. The summed E-state index contributed by atoms with van der Waals surface area (Å²) in [5.74, 6) is 0.752. The summed E-state index contributed by atoms with van der Waals surface area (Å²) in [5.41, 5.74) is 5.64. The molecule has 0 aliphatic heterocycles. The van der Waals surface area contributed by atoms with Crippen molar-refractivity contribution in [3.8, 4) is 28.4 Å². The van der Waals surface area contributed by atoms with Crippen molar-refractivity contribution in [2.24, 2.45) is 7.05 Å². The molecule has 1 N–H and O–H groups in total. The van der Waals surface area contributed by atoms with Crippen molar-refractivity contribution < 1.29 is 4.74 Å². The number of rotatable bonds is 4. The Morgan fingerprint density at radius 2 is 1.97 bits per heavy atom. The van der Waals surface area contributed by atoms with Gasteiger partial charge in [-0.2, -0.15) is 10.2 Å². The third-order valence-corrected chi connectivity index (χ3v) is 5.54. The van der Waals surface area contributed by atoms with Crippen LogP contribution in [0.5, 0.6) is 5.88 Å². The first kappa shape index (κ1) is 18.2. The predicted molar refractivity (Wildman–Crippen MR) is 117 cm³/mol. The first-order valence-corrected chi connectivity index (χ1v) is 9.81. The molecule has 0 fully saturated rings. The van der Waals surface area contributed by atoms with Crippen LogP contribution in [0.15, 0.2) is 59.5 Å². The maximum atomic E-state index is 12.2. The molecule has 4 heterocycles. The molecule has 0 amide bonds. The standard InChI is InChI=1S/C23H21N5O2/c1-4-19-17-12-14(8-10-16(17)23(29)26-25-19)18-13-24-27(2)22(18)20-11-9-15-6-5-7-21(30-3)28(15)20/h5-13H,4H2,1-3H3,(H,26,29). The molecule has 7 heteroatoms. The number of fused-ring (bicyclic) bond motifs is 2. The molecule has 0 radical (unpaired) electrons. The van der Waals surface area contributed by atoms with E-state index in [1.54, 1.807) is 7.11 Å². The van der Waals surface area contributed by atoms with Crippen molar-refractivity contribution in [3.63, 3.8) is 0 Å². The first-order chi connectivity index (χ1) is 14.6. The van der Waals surface area contributed by atoms with Gasteiger partial charge >= 0.3 is 0 Å². The summed E-state index contributed by atoms with van der Waals surface area (Å²) in [4.78, 5) is 12.2. The Labute approximate surface area is 172 Å². The molecular weight excluding hydrogens is 378 g/mol. The molecule has 1 aromatic carbocycles. The average molecular weight is 399 g/mol. The Kier molecular flexibility index (Phi) is 4.17. The van der Waals surface area contributed by atoms with E-state index >= 15 is 0 Å². The zero-order valence-corrected chi connectivity index (χ0v) is 17.0. The van der Waals surface area contributed by atoms with Crippen molar-refractivity contribution in [2.45, 2.75) is 13.3 Å². The lowest BCUT2D eigenvalue weighted by atomic mass is 10.00. The molecule has 4 aromatic heterocycles. The molecule has 30 heavy (non-hydrogen) atoms. The monoisotopic (exact) mass is 399 g/mol. The molecule has 0 atom stereocenters. The molecule has 0 saturated carbocycles. The van der Waals surface area contributed by atoms with Gasteiger partial charge in [0.2, 0.25) is 0 Å². The van der Waals surface area contributed by atoms with Crippen LogP contribution in [0.1, 0.15) is 12.6 Å². The van der Waals surface area contributed by atoms with Crippen molar-refractivity contribution in [2.75, 3.05) is 7.11 Å². The van der Waals surface area contributed by atoms with Gasteiger partial charge in [-0.3, -0.25) is 13.9 Å². The number of benzene rings is 1. The predicted octanol–water partition coefficient (Wildman–Crippen LogP) is 3.81. The number of nitrogens with one attached hydrogen (secondary N) is 1. The van der Waals surface area contributed by atoms with Crippen LogP contribution in [-0.2, 0) is 13.5 Å². The molecule has 7 nitrogen and oxygen atoms in total. The summed E-state index contributed by atoms with van der Waals surface area (Å²) in [7, 11) is 3.60. The van der Waals surface area contributed by atoms with Gasteiger partial charge in [0.15, 0.2) is 5.88 Å². The third kappa shape index (κ3) is 2.62. The number of aryl methyl sites for hydroxylation is 2. The number of aromatic nitrogens is 5. The van der Waals surface area contributed by atoms with Crippen LogP contribution in [0.2, 0.25) is 0 Å². The van der Waals surface area contributed by atoms with Crippen molar-refractivity contribution in [1.82, 2.24) is 24.4 Å². The second-order valence-corrected chi connectivity index (χ2v) is 7.19. The molecule has 0 spiro atoms. The SMILES string of the molecule is CCc1n[nH]c(=O)c2ccc(-c3cnn(C)c3-c3ccc4cccc(OC)n34)cc12. The van der Waals surface area contributed by atoms with Gasteiger partial charge in [-0.15, -0.1) is 0 Å². The van der Waals surface area contributed by atoms with Crippen LogP contribution in [0.4, 0.5) is 0 Å². The van der Waals surface area contributed by atoms with E-state index in [2.05, 4.69) is 31.8 Å². The number of aromatic amines is 1. The van der Waals surface area contributed by atoms with E-state index in [1.807, 2.05) is 61.2 Å². The summed E-state index contributed by atoms with van der Waals surface area (Å²) in [5, 5.41) is 12.8. The van der Waals surface area contributed by atoms with Gasteiger partial charge in [0, 0.05) is 23.5 Å².